The molecule has 0 aromatic carbocycles. The molecule has 0 saturated carbocycles. The van der Waals surface area contributed by atoms with Gasteiger partial charge in [-0.25, -0.2) is 4.98 Å². The number of hydrogen-bond acceptors (Lipinski definition) is 5. The number of nitrogens with zero attached hydrogens (tertiary/aromatic N) is 3. The lowest BCUT2D eigenvalue weighted by Gasteiger charge is -2.29. The summed E-state index contributed by atoms with van der Waals surface area (Å²) in [4.78, 5) is 29.1. The third-order valence-corrected chi connectivity index (χ3v) is 4.51. The van der Waals surface area contributed by atoms with E-state index in [0.29, 0.717) is 22.9 Å². The molecule has 2 atom stereocenters. The Morgan fingerprint density at radius 3 is 2.84 bits per heavy atom. The third kappa shape index (κ3) is 2.46. The maximum absolute atomic E-state index is 12.4. The molecule has 0 bridgehead atoms. The molecule has 128 valence electrons. The molecule has 2 N–H and O–H groups in total. The molecule has 8 nitrogen and oxygen atoms in total. The van der Waals surface area contributed by atoms with Crippen molar-refractivity contribution < 1.29 is 14.1 Å². The number of amides is 2. The van der Waals surface area contributed by atoms with Crippen molar-refractivity contribution in [1.82, 2.24) is 20.0 Å². The number of fused-ring (bicyclic) bond motifs is 3. The lowest BCUT2D eigenvalue weighted by Crippen LogP contribution is -2.44. The highest BCUT2D eigenvalue weighted by Crippen LogP contribution is 2.28. The van der Waals surface area contributed by atoms with Gasteiger partial charge in [-0.05, 0) is 39.0 Å². The molecule has 3 aromatic heterocycles. The molecular weight excluding hydrogens is 322 g/mol. The Morgan fingerprint density at radius 1 is 1.32 bits per heavy atom. The van der Waals surface area contributed by atoms with Crippen molar-refractivity contribution in [3.05, 3.63) is 41.4 Å². The Bertz CT molecular complexity index is 1000. The molecule has 25 heavy (non-hydrogen) atoms. The van der Waals surface area contributed by atoms with Crippen LogP contribution in [0.3, 0.4) is 0 Å². The number of nitrogens with one attached hydrogen (secondary N) is 2. The highest BCUT2D eigenvalue weighted by atomic mass is 16.5. The quantitative estimate of drug-likeness (QED) is 0.746. The minimum absolute atomic E-state index is 0.0204. The minimum Gasteiger partial charge on any atom is -0.360 e. The van der Waals surface area contributed by atoms with Crippen molar-refractivity contribution in [2.45, 2.75) is 32.9 Å². The normalized spacial score (nSPS) is 19.6. The van der Waals surface area contributed by atoms with Gasteiger partial charge in [0, 0.05) is 17.5 Å². The molecule has 4 heterocycles. The summed E-state index contributed by atoms with van der Waals surface area (Å²) in [6.07, 6.45) is 0. The van der Waals surface area contributed by atoms with E-state index in [0.717, 1.165) is 5.39 Å². The first-order valence-electron chi connectivity index (χ1n) is 8.01. The Hall–Kier alpha value is -3.16. The van der Waals surface area contributed by atoms with Crippen LogP contribution in [0, 0.1) is 6.92 Å². The van der Waals surface area contributed by atoms with Gasteiger partial charge in [0.2, 0.25) is 0 Å². The average molecular weight is 339 g/mol. The second kappa shape index (κ2) is 5.44. The predicted octanol–water partition coefficient (Wildman–Crippen LogP) is 2.28. The number of hydrogen-bond donors (Lipinski definition) is 2. The minimum atomic E-state index is -0.383. The number of aromatic nitrogens is 3. The molecule has 3 aromatic rings. The van der Waals surface area contributed by atoms with Crippen molar-refractivity contribution in [3.63, 3.8) is 0 Å². The molecule has 0 saturated heterocycles. The van der Waals surface area contributed by atoms with Crippen LogP contribution < -0.4 is 10.6 Å². The van der Waals surface area contributed by atoms with Crippen molar-refractivity contribution in [2.75, 3.05) is 5.32 Å². The fourth-order valence-corrected chi connectivity index (χ4v) is 3.04. The van der Waals surface area contributed by atoms with Crippen LogP contribution in [-0.4, -0.2) is 32.6 Å². The molecule has 0 radical (unpaired) electrons. The van der Waals surface area contributed by atoms with Crippen LogP contribution in [0.1, 0.15) is 46.6 Å². The van der Waals surface area contributed by atoms with E-state index in [1.807, 2.05) is 18.4 Å². The number of anilines is 1. The zero-order chi connectivity index (χ0) is 17.7. The second-order valence-electron chi connectivity index (χ2n) is 6.29. The predicted molar refractivity (Wildman–Crippen MR) is 90.6 cm³/mol. The lowest BCUT2D eigenvalue weighted by atomic mass is 10.1. The summed E-state index contributed by atoms with van der Waals surface area (Å²) >= 11 is 0. The molecule has 4 rings (SSSR count). The van der Waals surface area contributed by atoms with E-state index in [4.69, 9.17) is 4.52 Å². The van der Waals surface area contributed by atoms with Gasteiger partial charge in [0.05, 0.1) is 6.04 Å². The zero-order valence-corrected chi connectivity index (χ0v) is 14.0. The van der Waals surface area contributed by atoms with Crippen LogP contribution in [0.4, 0.5) is 5.82 Å². The van der Waals surface area contributed by atoms with Crippen molar-refractivity contribution >= 4 is 28.7 Å². The smallest absolute Gasteiger partial charge is 0.275 e. The summed E-state index contributed by atoms with van der Waals surface area (Å²) < 4.78 is 6.82. The molecule has 1 aliphatic rings. The number of rotatable bonds is 2. The van der Waals surface area contributed by atoms with E-state index in [1.165, 1.54) is 0 Å². The zero-order valence-electron chi connectivity index (χ0n) is 14.0. The molecule has 0 aliphatic carbocycles. The second-order valence-corrected chi connectivity index (χ2v) is 6.29. The Labute approximate surface area is 143 Å². The van der Waals surface area contributed by atoms with Crippen molar-refractivity contribution in [3.8, 4) is 0 Å². The lowest BCUT2D eigenvalue weighted by molar-refractivity contribution is 0.0891. The van der Waals surface area contributed by atoms with E-state index in [-0.39, 0.29) is 29.6 Å². The van der Waals surface area contributed by atoms with Gasteiger partial charge in [-0.3, -0.25) is 9.59 Å². The van der Waals surface area contributed by atoms with E-state index in [2.05, 4.69) is 20.8 Å². The molecule has 2 amide bonds. The first-order valence-corrected chi connectivity index (χ1v) is 8.01. The van der Waals surface area contributed by atoms with Crippen LogP contribution >= 0.6 is 0 Å². The fourth-order valence-electron chi connectivity index (χ4n) is 3.04. The maximum atomic E-state index is 12.4. The molecule has 0 fully saturated rings. The SMILES string of the molecule is Cc1cc(NC(=O)c2ccc3cc4n(c3n2)C(C)C(C)NC4=O)no1. The average Bonchev–Trinajstić information content (AvgIpc) is 3.15. The first-order chi connectivity index (χ1) is 11.9. The Morgan fingerprint density at radius 2 is 2.12 bits per heavy atom. The van der Waals surface area contributed by atoms with Gasteiger partial charge in [0.1, 0.15) is 22.8 Å². The van der Waals surface area contributed by atoms with Gasteiger partial charge in [0.15, 0.2) is 5.82 Å². The highest BCUT2D eigenvalue weighted by molar-refractivity contribution is 6.04. The number of pyridine rings is 1. The van der Waals surface area contributed by atoms with Gasteiger partial charge in [0.25, 0.3) is 11.8 Å². The number of carbonyl (C=O) groups excluding carboxylic acids is 2. The summed E-state index contributed by atoms with van der Waals surface area (Å²) in [6.45, 7) is 5.70. The van der Waals surface area contributed by atoms with Gasteiger partial charge < -0.3 is 19.7 Å². The summed E-state index contributed by atoms with van der Waals surface area (Å²) in [5.74, 6) is 0.426. The Balaban J connectivity index is 1.75. The number of aryl methyl sites for hydroxylation is 1. The summed E-state index contributed by atoms with van der Waals surface area (Å²) in [5, 5.41) is 10.1. The van der Waals surface area contributed by atoms with Crippen LogP contribution in [-0.2, 0) is 0 Å². The van der Waals surface area contributed by atoms with E-state index in [1.54, 1.807) is 31.2 Å². The molecule has 2 unspecified atom stereocenters. The van der Waals surface area contributed by atoms with E-state index >= 15 is 0 Å². The third-order valence-electron chi connectivity index (χ3n) is 4.51. The fraction of sp³-hybridized carbons (Fsp3) is 0.294. The van der Waals surface area contributed by atoms with Gasteiger partial charge in [-0.2, -0.15) is 0 Å². The monoisotopic (exact) mass is 339 g/mol. The van der Waals surface area contributed by atoms with Crippen LogP contribution in [0.5, 0.6) is 0 Å². The summed E-state index contributed by atoms with van der Waals surface area (Å²) in [5.41, 5.74) is 1.42. The maximum Gasteiger partial charge on any atom is 0.275 e. The van der Waals surface area contributed by atoms with Gasteiger partial charge in [-0.1, -0.05) is 5.16 Å². The van der Waals surface area contributed by atoms with Crippen LogP contribution in [0.25, 0.3) is 11.0 Å². The molecule has 8 heteroatoms. The standard InChI is InChI=1S/C17H17N5O3/c1-8-6-14(21-25-8)20-16(23)12-5-4-11-7-13-17(24)18-9(2)10(3)22(13)15(11)19-12/h4-7,9-10H,1-3H3,(H,18,24)(H,20,21,23). The molecule has 0 spiro atoms. The Kier molecular flexibility index (Phi) is 3.34. The van der Waals surface area contributed by atoms with Gasteiger partial charge >= 0.3 is 0 Å². The first kappa shape index (κ1) is 15.4. The topological polar surface area (TPSA) is 102 Å². The van der Waals surface area contributed by atoms with Crippen LogP contribution in [0.15, 0.2) is 28.8 Å². The highest BCUT2D eigenvalue weighted by Gasteiger charge is 2.30. The number of carbonyl (C=O) groups is 2. The molecule has 1 aliphatic heterocycles. The van der Waals surface area contributed by atoms with Crippen molar-refractivity contribution in [2.24, 2.45) is 0 Å². The summed E-state index contributed by atoms with van der Waals surface area (Å²) in [7, 11) is 0. The van der Waals surface area contributed by atoms with Gasteiger partial charge in [-0.15, -0.1) is 0 Å². The van der Waals surface area contributed by atoms with E-state index < -0.39 is 0 Å². The summed E-state index contributed by atoms with van der Waals surface area (Å²) in [6, 6.07) is 6.86. The molecular formula is C17H17N5O3. The largest absolute Gasteiger partial charge is 0.360 e. The van der Waals surface area contributed by atoms with Crippen molar-refractivity contribution in [1.29, 1.82) is 0 Å². The van der Waals surface area contributed by atoms with E-state index in [9.17, 15) is 9.59 Å². The van der Waals surface area contributed by atoms with Crippen LogP contribution in [0.2, 0.25) is 0 Å².